The van der Waals surface area contributed by atoms with Crippen molar-refractivity contribution >= 4 is 22.6 Å². The Kier molecular flexibility index (Phi) is 2.56. The Balaban J connectivity index is 2.10. The topological polar surface area (TPSA) is 47.4 Å². The molecule has 3 rings (SSSR count). The molecule has 1 aliphatic rings. The van der Waals surface area contributed by atoms with Crippen molar-refractivity contribution in [3.8, 4) is 0 Å². The summed E-state index contributed by atoms with van der Waals surface area (Å²) < 4.78 is 7.57. The van der Waals surface area contributed by atoms with Crippen molar-refractivity contribution in [1.29, 1.82) is 0 Å². The fourth-order valence-corrected chi connectivity index (χ4v) is 2.24. The molecule has 1 amide bonds. The predicted molar refractivity (Wildman–Crippen MR) is 68.5 cm³/mol. The first-order chi connectivity index (χ1) is 8.66. The first-order valence-electron chi connectivity index (χ1n) is 5.98. The van der Waals surface area contributed by atoms with Crippen LogP contribution < -0.4 is 4.90 Å². The van der Waals surface area contributed by atoms with Gasteiger partial charge in [0, 0.05) is 26.2 Å². The zero-order valence-electron chi connectivity index (χ0n) is 10.5. The number of rotatable bonds is 1. The van der Waals surface area contributed by atoms with Gasteiger partial charge in [0.05, 0.1) is 17.6 Å². The Morgan fingerprint density at radius 2 is 2.33 bits per heavy atom. The minimum Gasteiger partial charge on any atom is -0.372 e. The number of anilines is 1. The first kappa shape index (κ1) is 11.2. The number of aromatic nitrogens is 2. The molecule has 5 heteroatoms. The minimum atomic E-state index is 0.0154. The molecule has 0 fully saturated rings. The van der Waals surface area contributed by atoms with E-state index in [1.807, 2.05) is 18.2 Å². The third kappa shape index (κ3) is 1.67. The molecule has 0 bridgehead atoms. The van der Waals surface area contributed by atoms with Crippen LogP contribution in [0.5, 0.6) is 0 Å². The zero-order chi connectivity index (χ0) is 12.7. The van der Waals surface area contributed by atoms with Gasteiger partial charge in [0.2, 0.25) is 5.91 Å². The molecule has 0 spiro atoms. The van der Waals surface area contributed by atoms with Crippen molar-refractivity contribution < 1.29 is 9.53 Å². The fourth-order valence-electron chi connectivity index (χ4n) is 2.24. The number of amides is 1. The highest BCUT2D eigenvalue weighted by atomic mass is 16.5. The van der Waals surface area contributed by atoms with Crippen LogP contribution in [0.15, 0.2) is 18.2 Å². The summed E-state index contributed by atoms with van der Waals surface area (Å²) in [6.45, 7) is 3.68. The average molecular weight is 245 g/mol. The van der Waals surface area contributed by atoms with Gasteiger partial charge in [-0.1, -0.05) is 0 Å². The lowest BCUT2D eigenvalue weighted by molar-refractivity contribution is -0.116. The van der Waals surface area contributed by atoms with Crippen LogP contribution in [0.2, 0.25) is 0 Å². The number of carbonyl (C=O) groups is 1. The monoisotopic (exact) mass is 245 g/mol. The van der Waals surface area contributed by atoms with E-state index in [1.54, 1.807) is 18.9 Å². The van der Waals surface area contributed by atoms with Gasteiger partial charge in [0.15, 0.2) is 0 Å². The SMILES string of the molecule is CC(=O)N(C)c1ccc2c(c1)nc1n2CCOC1. The summed E-state index contributed by atoms with van der Waals surface area (Å²) >= 11 is 0. The van der Waals surface area contributed by atoms with Gasteiger partial charge < -0.3 is 14.2 Å². The predicted octanol–water partition coefficient (Wildman–Crippen LogP) is 1.55. The van der Waals surface area contributed by atoms with E-state index in [0.29, 0.717) is 6.61 Å². The van der Waals surface area contributed by atoms with Crippen molar-refractivity contribution in [2.45, 2.75) is 20.1 Å². The van der Waals surface area contributed by atoms with Gasteiger partial charge in [0.25, 0.3) is 0 Å². The zero-order valence-corrected chi connectivity index (χ0v) is 10.5. The van der Waals surface area contributed by atoms with Crippen molar-refractivity contribution in [2.75, 3.05) is 18.6 Å². The van der Waals surface area contributed by atoms with E-state index in [4.69, 9.17) is 4.74 Å². The Morgan fingerprint density at radius 3 is 3.11 bits per heavy atom. The van der Waals surface area contributed by atoms with Crippen LogP contribution in [-0.2, 0) is 22.7 Å². The molecular weight excluding hydrogens is 230 g/mol. The van der Waals surface area contributed by atoms with Gasteiger partial charge in [0.1, 0.15) is 12.4 Å². The second-order valence-electron chi connectivity index (χ2n) is 4.48. The molecule has 1 aromatic carbocycles. The molecule has 0 N–H and O–H groups in total. The van der Waals surface area contributed by atoms with Gasteiger partial charge in [-0.05, 0) is 18.2 Å². The molecule has 5 nitrogen and oxygen atoms in total. The molecule has 0 saturated carbocycles. The van der Waals surface area contributed by atoms with Crippen LogP contribution in [0, 0.1) is 0 Å². The molecule has 94 valence electrons. The van der Waals surface area contributed by atoms with Crippen LogP contribution in [0.1, 0.15) is 12.7 Å². The lowest BCUT2D eigenvalue weighted by Gasteiger charge is -2.16. The quantitative estimate of drug-likeness (QED) is 0.765. The maximum Gasteiger partial charge on any atom is 0.223 e. The van der Waals surface area contributed by atoms with E-state index in [2.05, 4.69) is 9.55 Å². The third-order valence-corrected chi connectivity index (χ3v) is 3.36. The number of benzene rings is 1. The second-order valence-corrected chi connectivity index (χ2v) is 4.48. The highest BCUT2D eigenvalue weighted by Crippen LogP contribution is 2.24. The van der Waals surface area contributed by atoms with Crippen molar-refractivity contribution in [3.05, 3.63) is 24.0 Å². The highest BCUT2D eigenvalue weighted by molar-refractivity contribution is 5.93. The number of carbonyl (C=O) groups excluding carboxylic acids is 1. The molecule has 2 heterocycles. The molecule has 0 aliphatic carbocycles. The number of fused-ring (bicyclic) bond motifs is 3. The standard InChI is InChI=1S/C13H15N3O2/c1-9(17)15(2)10-3-4-12-11(7-10)14-13-8-18-6-5-16(12)13/h3-4,7H,5-6,8H2,1-2H3. The van der Waals surface area contributed by atoms with Crippen LogP contribution in [0.4, 0.5) is 5.69 Å². The third-order valence-electron chi connectivity index (χ3n) is 3.36. The summed E-state index contributed by atoms with van der Waals surface area (Å²) in [7, 11) is 1.77. The van der Waals surface area contributed by atoms with E-state index in [1.165, 1.54) is 0 Å². The van der Waals surface area contributed by atoms with Crippen LogP contribution in [-0.4, -0.2) is 29.1 Å². The Hall–Kier alpha value is -1.88. The van der Waals surface area contributed by atoms with Gasteiger partial charge in [-0.15, -0.1) is 0 Å². The molecule has 0 unspecified atom stereocenters. The normalized spacial score (nSPS) is 14.6. The number of hydrogen-bond acceptors (Lipinski definition) is 3. The lowest BCUT2D eigenvalue weighted by atomic mass is 10.2. The van der Waals surface area contributed by atoms with Crippen LogP contribution >= 0.6 is 0 Å². The van der Waals surface area contributed by atoms with E-state index < -0.39 is 0 Å². The van der Waals surface area contributed by atoms with Gasteiger partial charge in [-0.25, -0.2) is 4.98 Å². The Morgan fingerprint density at radius 1 is 1.50 bits per heavy atom. The van der Waals surface area contributed by atoms with Crippen molar-refractivity contribution in [3.63, 3.8) is 0 Å². The lowest BCUT2D eigenvalue weighted by Crippen LogP contribution is -2.22. The molecule has 2 aromatic rings. The Bertz CT molecular complexity index is 618. The first-order valence-corrected chi connectivity index (χ1v) is 5.98. The molecule has 0 saturated heterocycles. The van der Waals surface area contributed by atoms with E-state index in [0.717, 1.165) is 35.7 Å². The molecule has 1 aliphatic heterocycles. The van der Waals surface area contributed by atoms with Crippen molar-refractivity contribution in [1.82, 2.24) is 9.55 Å². The summed E-state index contributed by atoms with van der Waals surface area (Å²) in [4.78, 5) is 17.5. The summed E-state index contributed by atoms with van der Waals surface area (Å²) in [6.07, 6.45) is 0. The largest absolute Gasteiger partial charge is 0.372 e. The average Bonchev–Trinajstić information content (AvgIpc) is 2.75. The van der Waals surface area contributed by atoms with Crippen LogP contribution in [0.3, 0.4) is 0 Å². The van der Waals surface area contributed by atoms with E-state index >= 15 is 0 Å². The van der Waals surface area contributed by atoms with Gasteiger partial charge in [-0.3, -0.25) is 4.79 Å². The molecule has 0 atom stereocenters. The maximum absolute atomic E-state index is 11.4. The van der Waals surface area contributed by atoms with Crippen molar-refractivity contribution in [2.24, 2.45) is 0 Å². The molecular formula is C13H15N3O2. The summed E-state index contributed by atoms with van der Waals surface area (Å²) in [5, 5.41) is 0. The number of nitrogens with zero attached hydrogens (tertiary/aromatic N) is 3. The molecule has 1 aromatic heterocycles. The molecule has 0 radical (unpaired) electrons. The smallest absolute Gasteiger partial charge is 0.223 e. The summed E-state index contributed by atoms with van der Waals surface area (Å²) in [6, 6.07) is 5.92. The summed E-state index contributed by atoms with van der Waals surface area (Å²) in [5.41, 5.74) is 2.89. The number of ether oxygens (including phenoxy) is 1. The van der Waals surface area contributed by atoms with Gasteiger partial charge in [-0.2, -0.15) is 0 Å². The Labute approximate surface area is 105 Å². The number of imidazole rings is 1. The molecule has 18 heavy (non-hydrogen) atoms. The fraction of sp³-hybridized carbons (Fsp3) is 0.385. The van der Waals surface area contributed by atoms with E-state index in [9.17, 15) is 4.79 Å². The summed E-state index contributed by atoms with van der Waals surface area (Å²) in [5.74, 6) is 0.973. The minimum absolute atomic E-state index is 0.0154. The van der Waals surface area contributed by atoms with Crippen LogP contribution in [0.25, 0.3) is 11.0 Å². The van der Waals surface area contributed by atoms with E-state index in [-0.39, 0.29) is 5.91 Å². The second kappa shape index (κ2) is 4.10. The van der Waals surface area contributed by atoms with Gasteiger partial charge >= 0.3 is 0 Å². The highest BCUT2D eigenvalue weighted by Gasteiger charge is 2.16. The maximum atomic E-state index is 11.4. The number of hydrogen-bond donors (Lipinski definition) is 0.